The van der Waals surface area contributed by atoms with Gasteiger partial charge in [-0.05, 0) is 49.9 Å². The van der Waals surface area contributed by atoms with Crippen LogP contribution in [0.4, 0.5) is 0 Å². The van der Waals surface area contributed by atoms with Crippen LogP contribution in [0.5, 0.6) is 11.5 Å². The van der Waals surface area contributed by atoms with Crippen molar-refractivity contribution < 1.29 is 16.5 Å². The lowest BCUT2D eigenvalue weighted by atomic mass is 9.96. The Labute approximate surface area is 150 Å². The molecule has 1 aliphatic heterocycles. The highest BCUT2D eigenvalue weighted by Crippen LogP contribution is 2.55. The van der Waals surface area contributed by atoms with Crippen molar-refractivity contribution in [3.63, 3.8) is 0 Å². The Hall–Kier alpha value is -1.04. The summed E-state index contributed by atoms with van der Waals surface area (Å²) in [7, 11) is -3.73. The lowest BCUT2D eigenvalue weighted by Gasteiger charge is -2.25. The van der Waals surface area contributed by atoms with Gasteiger partial charge in [0.2, 0.25) is 0 Å². The summed E-state index contributed by atoms with van der Waals surface area (Å²) in [4.78, 5) is 0. The first kappa shape index (κ1) is 16.8. The van der Waals surface area contributed by atoms with E-state index in [4.69, 9.17) is 11.9 Å². The average molecular weight is 444 g/mol. The highest BCUT2D eigenvalue weighted by atomic mass is 127. The molecule has 0 N–H and O–H groups in total. The Morgan fingerprint density at radius 2 is 1.35 bits per heavy atom. The van der Waals surface area contributed by atoms with Gasteiger partial charge >= 0.3 is 7.82 Å². The van der Waals surface area contributed by atoms with E-state index in [9.17, 15) is 4.57 Å². The number of fused-ring (bicyclic) bond motifs is 2. The quantitative estimate of drug-likeness (QED) is 0.415. The third-order valence-corrected chi connectivity index (χ3v) is 6.29. The number of phosphoric ester groups is 1. The predicted octanol–water partition coefficient (Wildman–Crippen LogP) is 5.76. The summed E-state index contributed by atoms with van der Waals surface area (Å²) in [5, 5.41) is 0. The summed E-state index contributed by atoms with van der Waals surface area (Å²) in [6.45, 7) is 7.96. The fourth-order valence-electron chi connectivity index (χ4n) is 3.08. The first-order valence-corrected chi connectivity index (χ1v) is 9.65. The Morgan fingerprint density at radius 1 is 0.913 bits per heavy atom. The molecule has 3 rings (SSSR count). The van der Waals surface area contributed by atoms with E-state index in [1.54, 1.807) is 23.0 Å². The van der Waals surface area contributed by atoms with Crippen LogP contribution in [0.3, 0.4) is 0 Å². The van der Waals surface area contributed by atoms with Gasteiger partial charge in [0, 0.05) is 6.42 Å². The van der Waals surface area contributed by atoms with Crippen molar-refractivity contribution in [2.75, 3.05) is 0 Å². The van der Waals surface area contributed by atoms with Gasteiger partial charge in [-0.3, -0.25) is 0 Å². The summed E-state index contributed by atoms with van der Waals surface area (Å²) in [6.07, 6.45) is 0.664. The van der Waals surface area contributed by atoms with Crippen LogP contribution in [-0.2, 0) is 13.8 Å². The highest BCUT2D eigenvalue weighted by Gasteiger charge is 2.35. The molecule has 1 aliphatic rings. The number of halogens is 1. The number of hydrogen-bond acceptors (Lipinski definition) is 4. The monoisotopic (exact) mass is 444 g/mol. The summed E-state index contributed by atoms with van der Waals surface area (Å²) in [5.41, 5.74) is 6.11. The van der Waals surface area contributed by atoms with Crippen LogP contribution in [0.25, 0.3) is 0 Å². The van der Waals surface area contributed by atoms with Crippen molar-refractivity contribution >= 4 is 30.8 Å². The Balaban J connectivity index is 2.27. The van der Waals surface area contributed by atoms with E-state index < -0.39 is 7.82 Å². The smallest absolute Gasteiger partial charge is 0.394 e. The second kappa shape index (κ2) is 6.11. The second-order valence-corrected chi connectivity index (χ2v) is 8.60. The molecule has 122 valence electrons. The van der Waals surface area contributed by atoms with Gasteiger partial charge in [0.1, 0.15) is 34.5 Å². The number of phosphoric acid groups is 1. The van der Waals surface area contributed by atoms with Gasteiger partial charge in [0.15, 0.2) is 0 Å². The van der Waals surface area contributed by atoms with Gasteiger partial charge < -0.3 is 9.05 Å². The molecule has 2 aromatic rings. The molecule has 0 amide bonds. The lowest BCUT2D eigenvalue weighted by molar-refractivity contribution is 0.319. The normalized spacial score (nSPS) is 15.5. The van der Waals surface area contributed by atoms with Crippen LogP contribution in [-0.4, -0.2) is 0 Å². The number of rotatable bonds is 1. The Kier molecular flexibility index (Phi) is 4.47. The van der Waals surface area contributed by atoms with Crippen LogP contribution >= 0.6 is 30.8 Å². The molecule has 0 saturated carbocycles. The van der Waals surface area contributed by atoms with Crippen molar-refractivity contribution in [3.05, 3.63) is 57.6 Å². The van der Waals surface area contributed by atoms with E-state index in [-0.39, 0.29) is 0 Å². The molecule has 0 fully saturated rings. The zero-order chi connectivity index (χ0) is 16.8. The van der Waals surface area contributed by atoms with Crippen LogP contribution in [0.1, 0.15) is 33.4 Å². The minimum atomic E-state index is -3.73. The van der Waals surface area contributed by atoms with Crippen LogP contribution in [0.2, 0.25) is 0 Å². The van der Waals surface area contributed by atoms with Gasteiger partial charge in [0.05, 0.1) is 0 Å². The molecule has 0 atom stereocenters. The molecule has 0 radical (unpaired) electrons. The van der Waals surface area contributed by atoms with Crippen molar-refractivity contribution in [1.29, 1.82) is 0 Å². The molecular formula is C17H18IO4P. The molecule has 0 bridgehead atoms. The maximum Gasteiger partial charge on any atom is 0.597 e. The van der Waals surface area contributed by atoms with Crippen LogP contribution < -0.4 is 9.05 Å². The molecule has 1 heterocycles. The van der Waals surface area contributed by atoms with Crippen LogP contribution in [0.15, 0.2) is 24.3 Å². The largest absolute Gasteiger partial charge is 0.597 e. The zero-order valence-corrected chi connectivity index (χ0v) is 16.5. The van der Waals surface area contributed by atoms with E-state index in [1.165, 1.54) is 0 Å². The number of benzene rings is 2. The second-order valence-electron chi connectivity index (χ2n) is 6.02. The van der Waals surface area contributed by atoms with E-state index in [0.29, 0.717) is 17.9 Å². The molecule has 0 aliphatic carbocycles. The van der Waals surface area contributed by atoms with Crippen LogP contribution in [0, 0.1) is 27.7 Å². The minimum absolute atomic E-state index is 0.584. The van der Waals surface area contributed by atoms with Gasteiger partial charge in [-0.15, -0.1) is 0 Å². The maximum absolute atomic E-state index is 12.9. The summed E-state index contributed by atoms with van der Waals surface area (Å²) in [6, 6.07) is 8.13. The Morgan fingerprint density at radius 3 is 1.74 bits per heavy atom. The predicted molar refractivity (Wildman–Crippen MR) is 98.6 cm³/mol. The van der Waals surface area contributed by atoms with E-state index in [2.05, 4.69) is 12.1 Å². The van der Waals surface area contributed by atoms with E-state index >= 15 is 0 Å². The highest BCUT2D eigenvalue weighted by molar-refractivity contribution is 14.1. The first-order chi connectivity index (χ1) is 10.8. The number of hydrogen-bond donors (Lipinski definition) is 0. The molecule has 0 unspecified atom stereocenters. The lowest BCUT2D eigenvalue weighted by Crippen LogP contribution is -2.10. The van der Waals surface area contributed by atoms with Crippen molar-refractivity contribution in [1.82, 2.24) is 0 Å². The molecule has 2 aromatic carbocycles. The summed E-state index contributed by atoms with van der Waals surface area (Å²) < 4.78 is 29.4. The minimum Gasteiger partial charge on any atom is -0.394 e. The molecule has 4 nitrogen and oxygen atoms in total. The van der Waals surface area contributed by atoms with Crippen molar-refractivity contribution in [3.8, 4) is 11.5 Å². The fraction of sp³-hybridized carbons (Fsp3) is 0.294. The molecular weight excluding hydrogens is 426 g/mol. The van der Waals surface area contributed by atoms with E-state index in [0.717, 1.165) is 33.4 Å². The van der Waals surface area contributed by atoms with Crippen molar-refractivity contribution in [2.45, 2.75) is 34.1 Å². The third kappa shape index (κ3) is 3.28. The third-order valence-electron chi connectivity index (χ3n) is 3.86. The maximum atomic E-state index is 12.9. The standard InChI is InChI=1S/C17H18IO4P/c1-10-5-12(3)16-14(7-10)9-15-8-11(2)6-13(4)17(15)21-23(19,20-16)22-18/h5-8H,9H2,1-4H3. The SMILES string of the molecule is Cc1cc(C)c2c(c1)Cc1cc(C)cc(C)c1OP(=O)(OI)O2. The van der Waals surface area contributed by atoms with Gasteiger partial charge in [0.25, 0.3) is 0 Å². The molecule has 0 saturated heterocycles. The van der Waals surface area contributed by atoms with Gasteiger partial charge in [-0.2, -0.15) is 2.85 Å². The fourth-order valence-corrected chi connectivity index (χ4v) is 4.63. The van der Waals surface area contributed by atoms with Crippen molar-refractivity contribution in [2.24, 2.45) is 0 Å². The molecule has 23 heavy (non-hydrogen) atoms. The molecule has 0 aromatic heterocycles. The summed E-state index contributed by atoms with van der Waals surface area (Å²) in [5.74, 6) is 1.17. The zero-order valence-electron chi connectivity index (χ0n) is 13.5. The topological polar surface area (TPSA) is 44.8 Å². The molecule has 0 spiro atoms. The summed E-state index contributed by atoms with van der Waals surface area (Å²) >= 11 is 1.57. The Bertz CT molecular complexity index is 768. The van der Waals surface area contributed by atoms with E-state index in [1.807, 2.05) is 39.8 Å². The average Bonchev–Trinajstić information content (AvgIpc) is 2.45. The van der Waals surface area contributed by atoms with Gasteiger partial charge in [-0.25, -0.2) is 4.57 Å². The molecule has 6 heteroatoms. The van der Waals surface area contributed by atoms with Gasteiger partial charge in [-0.1, -0.05) is 35.4 Å². The first-order valence-electron chi connectivity index (χ1n) is 7.31. The number of aryl methyl sites for hydroxylation is 4.